The van der Waals surface area contributed by atoms with Gasteiger partial charge in [0.05, 0.1) is 24.9 Å². The topological polar surface area (TPSA) is 179 Å². The fourth-order valence-corrected chi connectivity index (χ4v) is 6.01. The maximum absolute atomic E-state index is 14.4. The van der Waals surface area contributed by atoms with Gasteiger partial charge in [-0.05, 0) is 76.6 Å². The van der Waals surface area contributed by atoms with E-state index in [-0.39, 0.29) is 19.4 Å². The van der Waals surface area contributed by atoms with Crippen LogP contribution in [0.25, 0.3) is 0 Å². The molecule has 0 saturated carbocycles. The molecule has 47 heavy (non-hydrogen) atoms. The molecule has 1 aromatic carbocycles. The summed E-state index contributed by atoms with van der Waals surface area (Å²) in [6, 6.07) is 0.590. The van der Waals surface area contributed by atoms with Crippen LogP contribution < -0.4 is 21.1 Å². The van der Waals surface area contributed by atoms with Crippen LogP contribution in [0, 0.1) is 19.3 Å². The van der Waals surface area contributed by atoms with Crippen molar-refractivity contribution in [1.29, 1.82) is 0 Å². The lowest BCUT2D eigenvalue weighted by Crippen LogP contribution is -2.59. The Bertz CT molecular complexity index is 1400. The minimum absolute atomic E-state index is 0.0172. The second-order valence-corrected chi connectivity index (χ2v) is 14.6. The third-order valence-electron chi connectivity index (χ3n) is 8.13. The monoisotopic (exact) mass is 657 g/mol. The van der Waals surface area contributed by atoms with Crippen molar-refractivity contribution in [3.05, 3.63) is 28.8 Å². The highest BCUT2D eigenvalue weighted by Crippen LogP contribution is 2.40. The average Bonchev–Trinajstić information content (AvgIpc) is 3.54. The molecule has 0 aliphatic carbocycles. The predicted octanol–water partition coefficient (Wildman–Crippen LogP) is 3.44. The number of benzene rings is 1. The lowest BCUT2D eigenvalue weighted by Gasteiger charge is -2.36. The molecule has 13 heteroatoms. The van der Waals surface area contributed by atoms with Gasteiger partial charge in [-0.1, -0.05) is 39.3 Å². The number of rotatable bonds is 11. The van der Waals surface area contributed by atoms with Crippen molar-refractivity contribution in [2.75, 3.05) is 13.2 Å². The van der Waals surface area contributed by atoms with Crippen molar-refractivity contribution in [3.63, 3.8) is 0 Å². The Balaban J connectivity index is 1.98. The van der Waals surface area contributed by atoms with Gasteiger partial charge in [0.1, 0.15) is 23.4 Å². The van der Waals surface area contributed by atoms with Gasteiger partial charge in [0.15, 0.2) is 5.60 Å². The predicted molar refractivity (Wildman–Crippen MR) is 176 cm³/mol. The van der Waals surface area contributed by atoms with Gasteiger partial charge in [0.25, 0.3) is 5.91 Å². The van der Waals surface area contributed by atoms with Crippen molar-refractivity contribution in [2.24, 2.45) is 16.3 Å². The summed E-state index contributed by atoms with van der Waals surface area (Å²) in [5.41, 5.74) is 5.97. The fourth-order valence-electron chi connectivity index (χ4n) is 6.01. The van der Waals surface area contributed by atoms with E-state index < -0.39 is 64.3 Å². The van der Waals surface area contributed by atoms with E-state index in [0.29, 0.717) is 25.2 Å². The first-order valence-corrected chi connectivity index (χ1v) is 16.2. The molecule has 0 radical (unpaired) electrons. The Morgan fingerprint density at radius 2 is 1.68 bits per heavy atom. The smallest absolute Gasteiger partial charge is 0.408 e. The summed E-state index contributed by atoms with van der Waals surface area (Å²) in [5, 5.41) is 9.77. The number of hydrogen-bond donors (Lipinski definition) is 3. The highest BCUT2D eigenvalue weighted by molar-refractivity contribution is 6.37. The number of primary amides is 1. The largest absolute Gasteiger partial charge is 0.493 e. The summed E-state index contributed by atoms with van der Waals surface area (Å²) < 4.78 is 11.2. The van der Waals surface area contributed by atoms with Crippen molar-refractivity contribution < 1.29 is 38.3 Å². The van der Waals surface area contributed by atoms with E-state index in [4.69, 9.17) is 20.0 Å². The van der Waals surface area contributed by atoms with E-state index in [1.807, 2.05) is 32.9 Å². The van der Waals surface area contributed by atoms with Gasteiger partial charge in [0, 0.05) is 18.4 Å². The lowest BCUT2D eigenvalue weighted by molar-refractivity contribution is -0.143. The lowest BCUT2D eigenvalue weighted by atomic mass is 9.85. The quantitative estimate of drug-likeness (QED) is 0.303. The number of likely N-dealkylation sites (tertiary alicyclic amines) is 1. The summed E-state index contributed by atoms with van der Waals surface area (Å²) in [6.07, 6.45) is 0.254. The summed E-state index contributed by atoms with van der Waals surface area (Å²) >= 11 is 0. The number of oxime groups is 1. The van der Waals surface area contributed by atoms with E-state index in [2.05, 4.69) is 15.8 Å². The van der Waals surface area contributed by atoms with E-state index >= 15 is 0 Å². The van der Waals surface area contributed by atoms with Crippen molar-refractivity contribution in [3.8, 4) is 5.75 Å². The van der Waals surface area contributed by atoms with Crippen LogP contribution in [0.5, 0.6) is 5.75 Å². The number of ketones is 1. The summed E-state index contributed by atoms with van der Waals surface area (Å²) in [7, 11) is 0. The van der Waals surface area contributed by atoms with Crippen LogP contribution in [0.2, 0.25) is 0 Å². The molecule has 4 N–H and O–H groups in total. The van der Waals surface area contributed by atoms with E-state index in [0.717, 1.165) is 22.4 Å². The van der Waals surface area contributed by atoms with Gasteiger partial charge in [-0.2, -0.15) is 0 Å². The van der Waals surface area contributed by atoms with Crippen LogP contribution in [-0.2, 0) is 28.8 Å². The molecule has 1 spiro atoms. The van der Waals surface area contributed by atoms with Gasteiger partial charge in [-0.15, -0.1) is 0 Å². The molecular weight excluding hydrogens is 606 g/mol. The third kappa shape index (κ3) is 9.01. The summed E-state index contributed by atoms with van der Waals surface area (Å²) in [6.45, 7) is 18.7. The molecule has 0 unspecified atom stereocenters. The normalized spacial score (nSPS) is 20.6. The third-order valence-corrected chi connectivity index (χ3v) is 8.13. The molecular formula is C34H51N5O8. The number of nitrogens with one attached hydrogen (secondary N) is 2. The molecule has 2 aliphatic rings. The molecule has 1 saturated heterocycles. The van der Waals surface area contributed by atoms with Crippen molar-refractivity contribution >= 4 is 35.3 Å². The number of nitrogens with two attached hydrogens (primary N) is 1. The van der Waals surface area contributed by atoms with Gasteiger partial charge in [0.2, 0.25) is 17.6 Å². The number of carbonyl (C=O) groups excluding carboxylic acids is 5. The number of amides is 4. The van der Waals surface area contributed by atoms with Gasteiger partial charge < -0.3 is 35.6 Å². The van der Waals surface area contributed by atoms with Crippen molar-refractivity contribution in [1.82, 2.24) is 15.5 Å². The number of alkyl carbamates (subject to hydrolysis) is 1. The van der Waals surface area contributed by atoms with Crippen molar-refractivity contribution in [2.45, 2.75) is 124 Å². The number of nitrogens with zero attached hydrogens (tertiary/aromatic N) is 2. The van der Waals surface area contributed by atoms with Crippen LogP contribution in [0.1, 0.15) is 97.8 Å². The fraction of sp³-hybridized carbons (Fsp3) is 0.647. The highest BCUT2D eigenvalue weighted by Gasteiger charge is 2.55. The zero-order valence-electron chi connectivity index (χ0n) is 29.4. The SMILES string of the molecule is CCC[C@H](NC(=O)[C@@H]1C[C@]2(CC(c3cc(C)c(OCC)c(C)c3)=NO2)CN1C(=O)[C@@H](NC(=O)OC(C)(C)C)C(C)(C)C)C(=O)C(N)=O. The molecule has 260 valence electrons. The maximum atomic E-state index is 14.4. The van der Waals surface area contributed by atoms with Gasteiger partial charge in [-0.25, -0.2) is 4.79 Å². The molecule has 0 aromatic heterocycles. The van der Waals surface area contributed by atoms with Crippen LogP contribution in [0.4, 0.5) is 4.79 Å². The van der Waals surface area contributed by atoms with E-state index in [1.165, 1.54) is 4.90 Å². The highest BCUT2D eigenvalue weighted by atomic mass is 16.7. The molecule has 4 atom stereocenters. The molecule has 0 bridgehead atoms. The van der Waals surface area contributed by atoms with Crippen LogP contribution >= 0.6 is 0 Å². The standard InChI is InChI=1S/C34H51N5O8/c1-11-13-22(25(40)28(35)41)36-29(42)24-17-34(16-23(38-47-34)21-14-19(3)26(45-12-2)20(4)15-21)18-39(24)30(43)27(32(5,6)7)37-31(44)46-33(8,9)10/h14-15,22,24,27H,11-13,16-18H2,1-10H3,(H2,35,41)(H,36,42)(H,37,44)/t22-,24-,27+,34+/m0/s1. The minimum atomic E-state index is -1.16. The van der Waals surface area contributed by atoms with Gasteiger partial charge >= 0.3 is 6.09 Å². The molecule has 2 aliphatic heterocycles. The Hall–Kier alpha value is -4.16. The molecule has 1 aromatic rings. The molecule has 4 amide bonds. The zero-order chi connectivity index (χ0) is 35.5. The number of ether oxygens (including phenoxy) is 2. The first kappa shape index (κ1) is 37.3. The zero-order valence-corrected chi connectivity index (χ0v) is 29.4. The van der Waals surface area contributed by atoms with Crippen LogP contribution in [0.15, 0.2) is 17.3 Å². The Labute approximate surface area is 277 Å². The molecule has 1 fully saturated rings. The Morgan fingerprint density at radius 3 is 2.19 bits per heavy atom. The summed E-state index contributed by atoms with van der Waals surface area (Å²) in [4.78, 5) is 72.9. The second kappa shape index (κ2) is 14.3. The number of carbonyl (C=O) groups is 5. The molecule has 13 nitrogen and oxygen atoms in total. The molecule has 3 rings (SSSR count). The number of aryl methyl sites for hydroxylation is 2. The Kier molecular flexibility index (Phi) is 11.4. The van der Waals surface area contributed by atoms with Crippen LogP contribution in [0.3, 0.4) is 0 Å². The van der Waals surface area contributed by atoms with Crippen LogP contribution in [-0.4, -0.2) is 82.7 Å². The average molecular weight is 658 g/mol. The first-order chi connectivity index (χ1) is 21.7. The van der Waals surface area contributed by atoms with E-state index in [1.54, 1.807) is 48.5 Å². The first-order valence-electron chi connectivity index (χ1n) is 16.2. The van der Waals surface area contributed by atoms with E-state index in [9.17, 15) is 24.0 Å². The number of hydrogen-bond acceptors (Lipinski definition) is 9. The maximum Gasteiger partial charge on any atom is 0.408 e. The van der Waals surface area contributed by atoms with Gasteiger partial charge in [-0.3, -0.25) is 19.2 Å². The summed E-state index contributed by atoms with van der Waals surface area (Å²) in [5.74, 6) is -2.45. The second-order valence-electron chi connectivity index (χ2n) is 14.6. The minimum Gasteiger partial charge on any atom is -0.493 e. The molecule has 2 heterocycles. The Morgan fingerprint density at radius 1 is 1.06 bits per heavy atom. The number of Topliss-reactive ketones (excluding diaryl/α,β-unsaturated/α-hetero) is 1.